The lowest BCUT2D eigenvalue weighted by molar-refractivity contribution is -0.139. The smallest absolute Gasteiger partial charge is 0.329 e. The molecule has 8 nitrogen and oxygen atoms in total. The molecule has 8 heteroatoms. The molecular weight excluding hydrogens is 336 g/mol. The van der Waals surface area contributed by atoms with Gasteiger partial charge in [0.2, 0.25) is 0 Å². The summed E-state index contributed by atoms with van der Waals surface area (Å²) >= 11 is 0. The van der Waals surface area contributed by atoms with E-state index in [1.807, 2.05) is 0 Å². The molecule has 1 aromatic carbocycles. The SMILES string of the molecule is CC(C)NC(=O)C(=O)N/N=C\c1cccc(OCC(=O)N2CCCC2)c1. The normalized spacial score (nSPS) is 13.9. The summed E-state index contributed by atoms with van der Waals surface area (Å²) in [6, 6.07) is 6.82. The number of nitrogens with one attached hydrogen (secondary N) is 2. The summed E-state index contributed by atoms with van der Waals surface area (Å²) in [6.45, 7) is 5.09. The zero-order valence-electron chi connectivity index (χ0n) is 15.0. The second kappa shape index (κ2) is 9.55. The molecule has 0 saturated carbocycles. The minimum absolute atomic E-state index is 0.00724. The van der Waals surface area contributed by atoms with Gasteiger partial charge in [-0.1, -0.05) is 12.1 Å². The fourth-order valence-electron chi connectivity index (χ4n) is 2.43. The molecule has 2 N–H and O–H groups in total. The number of benzene rings is 1. The molecule has 0 spiro atoms. The largest absolute Gasteiger partial charge is 0.484 e. The molecule has 0 radical (unpaired) electrons. The Kier molecular flexibility index (Phi) is 7.13. The van der Waals surface area contributed by atoms with Crippen LogP contribution in [0.15, 0.2) is 29.4 Å². The van der Waals surface area contributed by atoms with E-state index in [4.69, 9.17) is 4.74 Å². The van der Waals surface area contributed by atoms with Gasteiger partial charge in [0.05, 0.1) is 6.21 Å². The first-order valence-corrected chi connectivity index (χ1v) is 8.60. The summed E-state index contributed by atoms with van der Waals surface area (Å²) in [5, 5.41) is 6.22. The zero-order chi connectivity index (χ0) is 18.9. The van der Waals surface area contributed by atoms with E-state index in [0.29, 0.717) is 11.3 Å². The van der Waals surface area contributed by atoms with Gasteiger partial charge >= 0.3 is 11.8 Å². The summed E-state index contributed by atoms with van der Waals surface area (Å²) in [5.41, 5.74) is 2.83. The number of nitrogens with zero attached hydrogens (tertiary/aromatic N) is 2. The molecule has 2 rings (SSSR count). The lowest BCUT2D eigenvalue weighted by Gasteiger charge is -2.15. The number of carbonyl (C=O) groups is 3. The first-order valence-electron chi connectivity index (χ1n) is 8.60. The molecule has 1 aliphatic rings. The fraction of sp³-hybridized carbons (Fsp3) is 0.444. The molecule has 0 aliphatic carbocycles. The maximum Gasteiger partial charge on any atom is 0.329 e. The van der Waals surface area contributed by atoms with Gasteiger partial charge in [0.25, 0.3) is 5.91 Å². The van der Waals surface area contributed by atoms with Gasteiger partial charge in [0.1, 0.15) is 5.75 Å². The number of likely N-dealkylation sites (tertiary alicyclic amines) is 1. The van der Waals surface area contributed by atoms with Crippen LogP contribution in [-0.4, -0.2) is 54.6 Å². The van der Waals surface area contributed by atoms with Crippen molar-refractivity contribution in [1.82, 2.24) is 15.6 Å². The molecule has 0 unspecified atom stereocenters. The van der Waals surface area contributed by atoms with E-state index >= 15 is 0 Å². The molecule has 1 aliphatic heterocycles. The standard InChI is InChI=1S/C18H24N4O4/c1-13(2)20-17(24)18(25)21-19-11-14-6-5-7-15(10-14)26-12-16(23)22-8-3-4-9-22/h5-7,10-11,13H,3-4,8-9,12H2,1-2H3,(H,20,24)(H,21,25)/b19-11-. The average Bonchev–Trinajstić information content (AvgIpc) is 3.14. The second-order valence-corrected chi connectivity index (χ2v) is 6.28. The van der Waals surface area contributed by atoms with Crippen LogP contribution >= 0.6 is 0 Å². The number of amides is 3. The zero-order valence-corrected chi connectivity index (χ0v) is 15.0. The van der Waals surface area contributed by atoms with E-state index in [2.05, 4.69) is 15.8 Å². The van der Waals surface area contributed by atoms with Crippen LogP contribution in [0.3, 0.4) is 0 Å². The molecule has 1 fully saturated rings. The van der Waals surface area contributed by atoms with Crippen molar-refractivity contribution in [2.45, 2.75) is 32.7 Å². The van der Waals surface area contributed by atoms with Crippen LogP contribution in [0.25, 0.3) is 0 Å². The Balaban J connectivity index is 1.83. The highest BCUT2D eigenvalue weighted by atomic mass is 16.5. The second-order valence-electron chi connectivity index (χ2n) is 6.28. The van der Waals surface area contributed by atoms with Crippen molar-refractivity contribution in [3.05, 3.63) is 29.8 Å². The van der Waals surface area contributed by atoms with Gasteiger partial charge in [0.15, 0.2) is 6.61 Å². The molecule has 3 amide bonds. The predicted molar refractivity (Wildman–Crippen MR) is 96.8 cm³/mol. The minimum atomic E-state index is -0.835. The lowest BCUT2D eigenvalue weighted by Crippen LogP contribution is -2.41. The highest BCUT2D eigenvalue weighted by Gasteiger charge is 2.18. The first-order chi connectivity index (χ1) is 12.5. The maximum absolute atomic E-state index is 12.0. The van der Waals surface area contributed by atoms with Gasteiger partial charge in [0, 0.05) is 19.1 Å². The molecule has 26 heavy (non-hydrogen) atoms. The highest BCUT2D eigenvalue weighted by molar-refractivity contribution is 6.35. The van der Waals surface area contributed by atoms with Crippen molar-refractivity contribution < 1.29 is 19.1 Å². The Hall–Kier alpha value is -2.90. The molecule has 1 saturated heterocycles. The van der Waals surface area contributed by atoms with Crippen molar-refractivity contribution >= 4 is 23.9 Å². The highest BCUT2D eigenvalue weighted by Crippen LogP contribution is 2.13. The fourth-order valence-corrected chi connectivity index (χ4v) is 2.43. The maximum atomic E-state index is 12.0. The number of ether oxygens (including phenoxy) is 1. The van der Waals surface area contributed by atoms with Crippen LogP contribution in [0.2, 0.25) is 0 Å². The third-order valence-electron chi connectivity index (χ3n) is 3.68. The van der Waals surface area contributed by atoms with Gasteiger partial charge in [-0.2, -0.15) is 5.10 Å². The first kappa shape index (κ1) is 19.4. The Morgan fingerprint density at radius 2 is 1.96 bits per heavy atom. The Labute approximate surface area is 152 Å². The van der Waals surface area contributed by atoms with E-state index in [1.165, 1.54) is 6.21 Å². The number of hydrogen-bond donors (Lipinski definition) is 2. The summed E-state index contributed by atoms with van der Waals surface area (Å²) in [5.74, 6) is -1.07. The quantitative estimate of drug-likeness (QED) is 0.442. The number of rotatable bonds is 6. The average molecular weight is 360 g/mol. The number of hydrazone groups is 1. The van der Waals surface area contributed by atoms with Crippen LogP contribution in [0.1, 0.15) is 32.3 Å². The Morgan fingerprint density at radius 1 is 1.23 bits per heavy atom. The van der Waals surface area contributed by atoms with Gasteiger partial charge in [-0.05, 0) is 44.4 Å². The third-order valence-corrected chi connectivity index (χ3v) is 3.68. The van der Waals surface area contributed by atoms with E-state index in [-0.39, 0.29) is 18.6 Å². The van der Waals surface area contributed by atoms with Gasteiger partial charge in [-0.15, -0.1) is 0 Å². The topological polar surface area (TPSA) is 100 Å². The summed E-state index contributed by atoms with van der Waals surface area (Å²) in [4.78, 5) is 36.8. The molecule has 140 valence electrons. The lowest BCUT2D eigenvalue weighted by atomic mass is 10.2. The predicted octanol–water partition coefficient (Wildman–Crippen LogP) is 0.662. The van der Waals surface area contributed by atoms with Crippen molar-refractivity contribution in [1.29, 1.82) is 0 Å². The van der Waals surface area contributed by atoms with Crippen LogP contribution < -0.4 is 15.5 Å². The van der Waals surface area contributed by atoms with Crippen LogP contribution in [-0.2, 0) is 14.4 Å². The van der Waals surface area contributed by atoms with Crippen molar-refractivity contribution in [3.8, 4) is 5.75 Å². The number of carbonyl (C=O) groups excluding carboxylic acids is 3. The van der Waals surface area contributed by atoms with Crippen molar-refractivity contribution in [2.24, 2.45) is 5.10 Å². The van der Waals surface area contributed by atoms with Crippen LogP contribution in [0.4, 0.5) is 0 Å². The summed E-state index contributed by atoms with van der Waals surface area (Å²) < 4.78 is 5.53. The third kappa shape index (κ3) is 6.19. The molecule has 1 heterocycles. The van der Waals surface area contributed by atoms with E-state index < -0.39 is 11.8 Å². The van der Waals surface area contributed by atoms with Crippen molar-refractivity contribution in [2.75, 3.05) is 19.7 Å². The van der Waals surface area contributed by atoms with Gasteiger partial charge in [-0.25, -0.2) is 5.43 Å². The van der Waals surface area contributed by atoms with Crippen molar-refractivity contribution in [3.63, 3.8) is 0 Å². The van der Waals surface area contributed by atoms with E-state index in [0.717, 1.165) is 25.9 Å². The van der Waals surface area contributed by atoms with E-state index in [1.54, 1.807) is 43.0 Å². The van der Waals surface area contributed by atoms with E-state index in [9.17, 15) is 14.4 Å². The molecule has 0 aromatic heterocycles. The summed E-state index contributed by atoms with van der Waals surface area (Å²) in [7, 11) is 0. The summed E-state index contributed by atoms with van der Waals surface area (Å²) in [6.07, 6.45) is 3.48. The molecule has 1 aromatic rings. The Bertz CT molecular complexity index is 682. The monoisotopic (exact) mass is 360 g/mol. The minimum Gasteiger partial charge on any atom is -0.484 e. The molecule has 0 atom stereocenters. The van der Waals surface area contributed by atoms with Gasteiger partial charge in [-0.3, -0.25) is 14.4 Å². The van der Waals surface area contributed by atoms with Crippen LogP contribution in [0.5, 0.6) is 5.75 Å². The van der Waals surface area contributed by atoms with Gasteiger partial charge < -0.3 is 15.0 Å². The molecular formula is C18H24N4O4. The van der Waals surface area contributed by atoms with Crippen LogP contribution in [0, 0.1) is 0 Å². The molecule has 0 bridgehead atoms. The number of hydrogen-bond acceptors (Lipinski definition) is 5. The Morgan fingerprint density at radius 3 is 2.65 bits per heavy atom.